The zero-order valence-electron chi connectivity index (χ0n) is 14.3. The van der Waals surface area contributed by atoms with Gasteiger partial charge in [0.1, 0.15) is 17.1 Å². The number of pyridine rings is 1. The van der Waals surface area contributed by atoms with Crippen LogP contribution in [0.1, 0.15) is 15.9 Å². The van der Waals surface area contributed by atoms with Gasteiger partial charge in [0.15, 0.2) is 17.3 Å². The van der Waals surface area contributed by atoms with Crippen molar-refractivity contribution in [2.24, 2.45) is 0 Å². The van der Waals surface area contributed by atoms with Crippen LogP contribution in [0.3, 0.4) is 0 Å². The predicted molar refractivity (Wildman–Crippen MR) is 98.0 cm³/mol. The number of benzene rings is 2. The van der Waals surface area contributed by atoms with Gasteiger partial charge < -0.3 is 19.7 Å². The summed E-state index contributed by atoms with van der Waals surface area (Å²) < 4.78 is 10.7. The first-order valence-corrected chi connectivity index (χ1v) is 7.79. The van der Waals surface area contributed by atoms with Gasteiger partial charge in [-0.15, -0.1) is 0 Å². The van der Waals surface area contributed by atoms with Crippen LogP contribution in [0.5, 0.6) is 23.0 Å². The van der Waals surface area contributed by atoms with E-state index in [9.17, 15) is 15.0 Å². The molecule has 0 amide bonds. The molecule has 0 aliphatic heterocycles. The van der Waals surface area contributed by atoms with Crippen molar-refractivity contribution in [3.8, 4) is 23.0 Å². The summed E-state index contributed by atoms with van der Waals surface area (Å²) in [7, 11) is 2.83. The zero-order chi connectivity index (χ0) is 18.7. The molecule has 26 heavy (non-hydrogen) atoms. The predicted octanol–water partition coefficient (Wildman–Crippen LogP) is 3.56. The van der Waals surface area contributed by atoms with Crippen molar-refractivity contribution in [1.29, 1.82) is 0 Å². The molecule has 3 aromatic rings. The van der Waals surface area contributed by atoms with E-state index in [2.05, 4.69) is 4.98 Å². The van der Waals surface area contributed by atoms with Gasteiger partial charge in [-0.25, -0.2) is 0 Å². The highest BCUT2D eigenvalue weighted by atomic mass is 16.5. The number of methoxy groups -OCH3 is 2. The van der Waals surface area contributed by atoms with Crippen molar-refractivity contribution in [2.75, 3.05) is 14.2 Å². The first kappa shape index (κ1) is 17.3. The highest BCUT2D eigenvalue weighted by Crippen LogP contribution is 2.45. The maximum Gasteiger partial charge on any atom is 0.193 e. The molecule has 6 heteroatoms. The van der Waals surface area contributed by atoms with Gasteiger partial charge in [-0.1, -0.05) is 18.2 Å². The fraction of sp³-hybridized carbons (Fsp3) is 0.100. The Morgan fingerprint density at radius 2 is 1.85 bits per heavy atom. The van der Waals surface area contributed by atoms with Crippen LogP contribution in [0.4, 0.5) is 0 Å². The van der Waals surface area contributed by atoms with Gasteiger partial charge in [0.25, 0.3) is 0 Å². The van der Waals surface area contributed by atoms with E-state index >= 15 is 0 Å². The van der Waals surface area contributed by atoms with E-state index in [0.29, 0.717) is 16.3 Å². The Labute approximate surface area is 150 Å². The van der Waals surface area contributed by atoms with Crippen LogP contribution in [0.2, 0.25) is 0 Å². The molecule has 0 atom stereocenters. The smallest absolute Gasteiger partial charge is 0.193 e. The van der Waals surface area contributed by atoms with E-state index in [-0.39, 0.29) is 28.6 Å². The number of fused-ring (bicyclic) bond motifs is 1. The van der Waals surface area contributed by atoms with Crippen LogP contribution >= 0.6 is 0 Å². The topological polar surface area (TPSA) is 88.9 Å². The number of aromatic nitrogens is 1. The first-order valence-electron chi connectivity index (χ1n) is 7.79. The van der Waals surface area contributed by atoms with Crippen LogP contribution < -0.4 is 9.47 Å². The number of rotatable bonds is 5. The summed E-state index contributed by atoms with van der Waals surface area (Å²) in [4.78, 5) is 16.8. The van der Waals surface area contributed by atoms with E-state index in [4.69, 9.17) is 9.47 Å². The lowest BCUT2D eigenvalue weighted by Gasteiger charge is -2.15. The third-order valence-corrected chi connectivity index (χ3v) is 3.94. The third kappa shape index (κ3) is 3.04. The number of hydrogen-bond acceptors (Lipinski definition) is 6. The largest absolute Gasteiger partial charge is 0.508 e. The van der Waals surface area contributed by atoms with E-state index in [1.165, 1.54) is 38.6 Å². The van der Waals surface area contributed by atoms with Gasteiger partial charge in [-0.3, -0.25) is 9.78 Å². The Hall–Kier alpha value is -3.54. The summed E-state index contributed by atoms with van der Waals surface area (Å²) in [5.74, 6) is -0.274. The normalized spacial score (nSPS) is 11.0. The zero-order valence-corrected chi connectivity index (χ0v) is 14.3. The number of hydrogen-bond donors (Lipinski definition) is 2. The van der Waals surface area contributed by atoms with Crippen LogP contribution in [-0.4, -0.2) is 35.2 Å². The molecule has 0 saturated carbocycles. The molecule has 2 aromatic carbocycles. The molecule has 3 rings (SSSR count). The lowest BCUT2D eigenvalue weighted by atomic mass is 10.0. The van der Waals surface area contributed by atoms with E-state index in [1.807, 2.05) is 0 Å². The van der Waals surface area contributed by atoms with Crippen molar-refractivity contribution in [3.05, 3.63) is 59.9 Å². The molecule has 1 heterocycles. The van der Waals surface area contributed by atoms with Crippen molar-refractivity contribution in [2.45, 2.75) is 0 Å². The van der Waals surface area contributed by atoms with Crippen molar-refractivity contribution in [1.82, 2.24) is 4.98 Å². The molecule has 0 bridgehead atoms. The molecular weight excluding hydrogens is 334 g/mol. The number of ketones is 1. The minimum absolute atomic E-state index is 0.000506. The van der Waals surface area contributed by atoms with Crippen molar-refractivity contribution < 1.29 is 24.5 Å². The number of phenols is 2. The number of carbonyl (C=O) groups excluding carboxylic acids is 1. The summed E-state index contributed by atoms with van der Waals surface area (Å²) in [6.07, 6.45) is 5.95. The van der Waals surface area contributed by atoms with E-state index < -0.39 is 5.78 Å². The van der Waals surface area contributed by atoms with Crippen LogP contribution in [0.25, 0.3) is 16.8 Å². The fourth-order valence-corrected chi connectivity index (χ4v) is 2.79. The molecule has 0 saturated heterocycles. The quantitative estimate of drug-likeness (QED) is 0.540. The number of nitrogens with zero attached hydrogens (tertiary/aromatic N) is 1. The van der Waals surface area contributed by atoms with Gasteiger partial charge in [0.2, 0.25) is 0 Å². The highest BCUT2D eigenvalue weighted by molar-refractivity contribution is 6.15. The van der Waals surface area contributed by atoms with Crippen molar-refractivity contribution >= 4 is 22.6 Å². The molecule has 0 aliphatic rings. The Morgan fingerprint density at radius 1 is 1.08 bits per heavy atom. The Kier molecular flexibility index (Phi) is 4.75. The molecule has 0 unspecified atom stereocenters. The molecular formula is C20H17NO5. The standard InChI is InChI=1S/C20H17NO5/c1-25-19-14-8-9-21-11-15(14)20(26-2)18(24)17(19)16(23)7-6-12-4-3-5-13(22)10-12/h3-11,22,24H,1-2H3. The van der Waals surface area contributed by atoms with Crippen LogP contribution in [0.15, 0.2) is 48.8 Å². The number of ether oxygens (including phenoxy) is 2. The molecule has 0 aliphatic carbocycles. The van der Waals surface area contributed by atoms with Crippen LogP contribution in [0, 0.1) is 0 Å². The maximum atomic E-state index is 12.8. The first-order chi connectivity index (χ1) is 12.6. The maximum absolute atomic E-state index is 12.8. The second kappa shape index (κ2) is 7.14. The Morgan fingerprint density at radius 3 is 2.54 bits per heavy atom. The monoisotopic (exact) mass is 351 g/mol. The molecule has 0 radical (unpaired) electrons. The highest BCUT2D eigenvalue weighted by Gasteiger charge is 2.24. The average Bonchev–Trinajstić information content (AvgIpc) is 2.65. The summed E-state index contributed by atoms with van der Waals surface area (Å²) >= 11 is 0. The molecule has 1 aromatic heterocycles. The fourth-order valence-electron chi connectivity index (χ4n) is 2.79. The summed E-state index contributed by atoms with van der Waals surface area (Å²) in [6.45, 7) is 0. The average molecular weight is 351 g/mol. The minimum Gasteiger partial charge on any atom is -0.508 e. The molecule has 132 valence electrons. The van der Waals surface area contributed by atoms with Gasteiger partial charge in [-0.05, 0) is 29.8 Å². The lowest BCUT2D eigenvalue weighted by Crippen LogP contribution is -2.03. The van der Waals surface area contributed by atoms with Gasteiger partial charge in [0, 0.05) is 23.2 Å². The summed E-state index contributed by atoms with van der Waals surface area (Å²) in [5.41, 5.74) is 0.646. The van der Waals surface area contributed by atoms with E-state index in [1.54, 1.807) is 30.5 Å². The Balaban J connectivity index is 2.14. The van der Waals surface area contributed by atoms with E-state index in [0.717, 1.165) is 0 Å². The number of aromatic hydroxyl groups is 2. The summed E-state index contributed by atoms with van der Waals surface area (Å²) in [6, 6.07) is 8.16. The number of phenolic OH excluding ortho intramolecular Hbond substituents is 2. The molecule has 6 nitrogen and oxygen atoms in total. The minimum atomic E-state index is -0.459. The summed E-state index contributed by atoms with van der Waals surface area (Å²) in [5, 5.41) is 21.2. The SMILES string of the molecule is COc1c(O)c(C(=O)C=Cc2cccc(O)c2)c(OC)c2ccncc12. The number of carbonyl (C=O) groups is 1. The third-order valence-electron chi connectivity index (χ3n) is 3.94. The van der Waals surface area contributed by atoms with Gasteiger partial charge in [-0.2, -0.15) is 0 Å². The molecule has 0 spiro atoms. The second-order valence-corrected chi connectivity index (χ2v) is 5.50. The van der Waals surface area contributed by atoms with Crippen molar-refractivity contribution in [3.63, 3.8) is 0 Å². The van der Waals surface area contributed by atoms with Gasteiger partial charge >= 0.3 is 0 Å². The van der Waals surface area contributed by atoms with Gasteiger partial charge in [0.05, 0.1) is 14.2 Å². The number of allylic oxidation sites excluding steroid dienone is 1. The molecule has 2 N–H and O–H groups in total. The second-order valence-electron chi connectivity index (χ2n) is 5.50. The van der Waals surface area contributed by atoms with Crippen LogP contribution in [-0.2, 0) is 0 Å². The Bertz CT molecular complexity index is 1010. The lowest BCUT2D eigenvalue weighted by molar-refractivity contribution is 0.104. The molecule has 0 fully saturated rings.